The molecule has 30 heavy (non-hydrogen) atoms. The lowest BCUT2D eigenvalue weighted by Crippen LogP contribution is -2.42. The third-order valence-electron chi connectivity index (χ3n) is 4.83. The van der Waals surface area contributed by atoms with Crippen LogP contribution in [0.3, 0.4) is 0 Å². The van der Waals surface area contributed by atoms with E-state index in [0.717, 1.165) is 24.3 Å². The van der Waals surface area contributed by atoms with Gasteiger partial charge in [0.15, 0.2) is 9.84 Å². The van der Waals surface area contributed by atoms with E-state index in [1.807, 2.05) is 0 Å². The molecule has 2 atom stereocenters. The maximum atomic E-state index is 13.1. The number of alkyl halides is 6. The maximum absolute atomic E-state index is 13.1. The van der Waals surface area contributed by atoms with Gasteiger partial charge in [-0.2, -0.15) is 13.2 Å². The van der Waals surface area contributed by atoms with E-state index in [2.05, 4.69) is 14.9 Å². The summed E-state index contributed by atoms with van der Waals surface area (Å²) in [6, 6.07) is 4.34. The van der Waals surface area contributed by atoms with Gasteiger partial charge in [-0.05, 0) is 38.0 Å². The van der Waals surface area contributed by atoms with E-state index in [0.29, 0.717) is 6.07 Å². The normalized spacial score (nSPS) is 23.4. The molecule has 1 aromatic carbocycles. The van der Waals surface area contributed by atoms with Crippen molar-refractivity contribution in [1.82, 2.24) is 10.2 Å². The molecule has 0 aliphatic carbocycles. The second-order valence-corrected chi connectivity index (χ2v) is 9.47. The molecule has 166 valence electrons. The number of benzene rings is 1. The Morgan fingerprint density at radius 1 is 1.20 bits per heavy atom. The standard InChI is InChI=1S/C17H16F6N2O4S/c1-15(30(26,27)11-4-2-3-10(7-11)16(18,19)20)5-6-28-13(9-15)12-8-14(25-24-12)29-17(21,22)23/h2-4,7-8,13H,5-6,9H2,1H3,(H,24,25). The number of nitrogens with zero attached hydrogens (tertiary/aromatic N) is 1. The smallest absolute Gasteiger partial charge is 0.386 e. The van der Waals surface area contributed by atoms with E-state index >= 15 is 0 Å². The average molecular weight is 458 g/mol. The Labute approximate surface area is 167 Å². The SMILES string of the molecule is CC1(S(=O)(=O)c2cccc(C(F)(F)F)c2)CCOC(c2cc(OC(F)(F)F)n[nH]2)C1. The Kier molecular flexibility index (Phi) is 5.56. The van der Waals surface area contributed by atoms with Gasteiger partial charge in [0.05, 0.1) is 20.9 Å². The summed E-state index contributed by atoms with van der Waals surface area (Å²) in [6.45, 7) is 1.29. The first-order valence-electron chi connectivity index (χ1n) is 8.56. The quantitative estimate of drug-likeness (QED) is 0.687. The van der Waals surface area contributed by atoms with E-state index in [9.17, 15) is 34.8 Å². The minimum atomic E-state index is -4.96. The van der Waals surface area contributed by atoms with Crippen molar-refractivity contribution in [1.29, 1.82) is 0 Å². The molecule has 2 heterocycles. The van der Waals surface area contributed by atoms with Crippen LogP contribution < -0.4 is 4.74 Å². The summed E-state index contributed by atoms with van der Waals surface area (Å²) in [4.78, 5) is -0.494. The molecule has 2 unspecified atom stereocenters. The minimum Gasteiger partial charge on any atom is -0.386 e. The topological polar surface area (TPSA) is 81.3 Å². The molecule has 1 N–H and O–H groups in total. The second kappa shape index (κ2) is 7.45. The number of nitrogens with one attached hydrogen (secondary N) is 1. The van der Waals surface area contributed by atoms with Crippen molar-refractivity contribution in [3.63, 3.8) is 0 Å². The van der Waals surface area contributed by atoms with E-state index in [1.165, 1.54) is 6.92 Å². The van der Waals surface area contributed by atoms with Crippen LogP contribution in [-0.4, -0.2) is 36.3 Å². The molecule has 0 spiro atoms. The maximum Gasteiger partial charge on any atom is 0.574 e. The molecule has 2 aromatic rings. The van der Waals surface area contributed by atoms with Crippen LogP contribution in [-0.2, 0) is 20.8 Å². The van der Waals surface area contributed by atoms with Gasteiger partial charge in [0.25, 0.3) is 0 Å². The van der Waals surface area contributed by atoms with Crippen LogP contribution >= 0.6 is 0 Å². The lowest BCUT2D eigenvalue weighted by Gasteiger charge is -2.37. The molecule has 0 bridgehead atoms. The number of aromatic nitrogens is 2. The van der Waals surface area contributed by atoms with E-state index < -0.39 is 49.6 Å². The van der Waals surface area contributed by atoms with Crippen molar-refractivity contribution in [2.24, 2.45) is 0 Å². The Morgan fingerprint density at radius 2 is 1.90 bits per heavy atom. The molecule has 13 heteroatoms. The highest BCUT2D eigenvalue weighted by atomic mass is 32.2. The monoisotopic (exact) mass is 458 g/mol. The molecule has 1 aromatic heterocycles. The summed E-state index contributed by atoms with van der Waals surface area (Å²) in [6.07, 6.45) is -10.9. The predicted octanol–water partition coefficient (Wildman–Crippen LogP) is 4.41. The molecule has 0 amide bonds. The third-order valence-corrected chi connectivity index (χ3v) is 7.37. The van der Waals surface area contributed by atoms with Crippen LogP contribution in [0.2, 0.25) is 0 Å². The number of rotatable bonds is 4. The highest BCUT2D eigenvalue weighted by Crippen LogP contribution is 2.43. The van der Waals surface area contributed by atoms with Crippen molar-refractivity contribution in [3.05, 3.63) is 41.6 Å². The molecule has 1 fully saturated rings. The zero-order chi connectivity index (χ0) is 22.4. The van der Waals surface area contributed by atoms with Crippen LogP contribution in [0.5, 0.6) is 5.88 Å². The largest absolute Gasteiger partial charge is 0.574 e. The van der Waals surface area contributed by atoms with Crippen LogP contribution in [0.15, 0.2) is 35.2 Å². The molecule has 1 aliphatic heterocycles. The number of hydrogen-bond acceptors (Lipinski definition) is 5. The van der Waals surface area contributed by atoms with Gasteiger partial charge in [0.1, 0.15) is 6.10 Å². The van der Waals surface area contributed by atoms with Gasteiger partial charge < -0.3 is 9.47 Å². The van der Waals surface area contributed by atoms with E-state index in [1.54, 1.807) is 0 Å². The molecule has 1 saturated heterocycles. The first-order chi connectivity index (χ1) is 13.7. The fourth-order valence-electron chi connectivity index (χ4n) is 3.19. The number of aromatic amines is 1. The van der Waals surface area contributed by atoms with Gasteiger partial charge in [0.2, 0.25) is 5.88 Å². The highest BCUT2D eigenvalue weighted by molar-refractivity contribution is 7.92. The van der Waals surface area contributed by atoms with Gasteiger partial charge >= 0.3 is 12.5 Å². The number of sulfone groups is 1. The molecule has 1 aliphatic rings. The summed E-state index contributed by atoms with van der Waals surface area (Å²) in [5.41, 5.74) is -1.04. The summed E-state index contributed by atoms with van der Waals surface area (Å²) >= 11 is 0. The first-order valence-corrected chi connectivity index (χ1v) is 10.0. The fourth-order valence-corrected chi connectivity index (χ4v) is 5.02. The molecule has 3 rings (SSSR count). The third kappa shape index (κ3) is 4.56. The zero-order valence-electron chi connectivity index (χ0n) is 15.3. The van der Waals surface area contributed by atoms with Gasteiger partial charge in [-0.3, -0.25) is 5.10 Å². The van der Waals surface area contributed by atoms with Crippen LogP contribution in [0, 0.1) is 0 Å². The van der Waals surface area contributed by atoms with E-state index in [4.69, 9.17) is 4.74 Å². The Bertz CT molecular complexity index is 1020. The van der Waals surface area contributed by atoms with Crippen LogP contribution in [0.1, 0.15) is 37.1 Å². The summed E-state index contributed by atoms with van der Waals surface area (Å²) in [5.74, 6) is -0.769. The second-order valence-electron chi connectivity index (χ2n) is 7.00. The van der Waals surface area contributed by atoms with Crippen LogP contribution in [0.4, 0.5) is 26.3 Å². The van der Waals surface area contributed by atoms with Crippen molar-refractivity contribution >= 4 is 9.84 Å². The highest BCUT2D eigenvalue weighted by Gasteiger charge is 2.46. The number of ether oxygens (including phenoxy) is 2. The lowest BCUT2D eigenvalue weighted by atomic mass is 9.95. The molecule has 0 radical (unpaired) electrons. The van der Waals surface area contributed by atoms with Crippen molar-refractivity contribution in [2.75, 3.05) is 6.61 Å². The van der Waals surface area contributed by atoms with Gasteiger partial charge in [-0.15, -0.1) is 18.3 Å². The Hall–Kier alpha value is -2.28. The van der Waals surface area contributed by atoms with E-state index in [-0.39, 0.29) is 25.1 Å². The number of halogens is 6. The average Bonchev–Trinajstić information content (AvgIpc) is 3.07. The molecular weight excluding hydrogens is 442 g/mol. The summed E-state index contributed by atoms with van der Waals surface area (Å²) < 4.78 is 110. The fraction of sp³-hybridized carbons (Fsp3) is 0.471. The minimum absolute atomic E-state index is 0.0118. The summed E-state index contributed by atoms with van der Waals surface area (Å²) in [7, 11) is -4.23. The molecule has 0 saturated carbocycles. The molecule has 6 nitrogen and oxygen atoms in total. The van der Waals surface area contributed by atoms with Gasteiger partial charge in [0, 0.05) is 12.7 Å². The van der Waals surface area contributed by atoms with Crippen molar-refractivity contribution in [2.45, 2.75) is 48.1 Å². The van der Waals surface area contributed by atoms with Crippen LogP contribution in [0.25, 0.3) is 0 Å². The predicted molar refractivity (Wildman–Crippen MR) is 90.2 cm³/mol. The Balaban J connectivity index is 1.87. The number of H-pyrrole nitrogens is 1. The van der Waals surface area contributed by atoms with Gasteiger partial charge in [-0.1, -0.05) is 6.07 Å². The zero-order valence-corrected chi connectivity index (χ0v) is 16.2. The van der Waals surface area contributed by atoms with Crippen molar-refractivity contribution < 1.29 is 44.2 Å². The lowest BCUT2D eigenvalue weighted by molar-refractivity contribution is -0.276. The van der Waals surface area contributed by atoms with Gasteiger partial charge in [-0.25, -0.2) is 8.42 Å². The summed E-state index contributed by atoms with van der Waals surface area (Å²) in [5, 5.41) is 5.67. The first kappa shape index (κ1) is 22.4. The number of hydrogen-bond donors (Lipinski definition) is 1. The molecular formula is C17H16F6N2O4S. The van der Waals surface area contributed by atoms with Crippen molar-refractivity contribution in [3.8, 4) is 5.88 Å². The Morgan fingerprint density at radius 3 is 2.53 bits per heavy atom.